The molecule has 2 atom stereocenters. The SMILES string of the molecule is C[C@@H](NC(=O)C1(C)CCOC1)C1CCC1. The molecule has 0 spiro atoms. The zero-order valence-electron chi connectivity index (χ0n) is 9.71. The van der Waals surface area contributed by atoms with Crippen molar-refractivity contribution in [3.8, 4) is 0 Å². The van der Waals surface area contributed by atoms with E-state index in [0.717, 1.165) is 13.0 Å². The van der Waals surface area contributed by atoms with E-state index in [1.54, 1.807) is 0 Å². The van der Waals surface area contributed by atoms with Crippen molar-refractivity contribution in [2.45, 2.75) is 45.6 Å². The minimum Gasteiger partial charge on any atom is -0.380 e. The van der Waals surface area contributed by atoms with Crippen molar-refractivity contribution < 1.29 is 9.53 Å². The van der Waals surface area contributed by atoms with Gasteiger partial charge in [-0.25, -0.2) is 0 Å². The lowest BCUT2D eigenvalue weighted by molar-refractivity contribution is -0.131. The number of amides is 1. The number of carbonyl (C=O) groups is 1. The van der Waals surface area contributed by atoms with Crippen molar-refractivity contribution in [3.05, 3.63) is 0 Å². The molecule has 86 valence electrons. The van der Waals surface area contributed by atoms with Crippen LogP contribution in [0.4, 0.5) is 0 Å². The smallest absolute Gasteiger partial charge is 0.228 e. The molecule has 15 heavy (non-hydrogen) atoms. The molecule has 1 heterocycles. The Balaban J connectivity index is 1.85. The average Bonchev–Trinajstić information content (AvgIpc) is 2.50. The molecule has 1 aliphatic heterocycles. The third kappa shape index (κ3) is 2.17. The Morgan fingerprint density at radius 3 is 2.73 bits per heavy atom. The molecule has 2 fully saturated rings. The number of ether oxygens (including phenoxy) is 1. The Kier molecular flexibility index (Phi) is 3.01. The summed E-state index contributed by atoms with van der Waals surface area (Å²) in [5.41, 5.74) is -0.280. The topological polar surface area (TPSA) is 38.3 Å². The van der Waals surface area contributed by atoms with Crippen LogP contribution >= 0.6 is 0 Å². The normalized spacial score (nSPS) is 33.5. The molecule has 3 nitrogen and oxygen atoms in total. The third-order valence-corrected chi connectivity index (χ3v) is 3.98. The summed E-state index contributed by atoms with van der Waals surface area (Å²) < 4.78 is 5.30. The van der Waals surface area contributed by atoms with Gasteiger partial charge < -0.3 is 10.1 Å². The first-order chi connectivity index (χ1) is 7.12. The van der Waals surface area contributed by atoms with E-state index in [9.17, 15) is 4.79 Å². The Labute approximate surface area is 91.6 Å². The van der Waals surface area contributed by atoms with Gasteiger partial charge in [-0.05, 0) is 39.0 Å². The molecule has 1 saturated heterocycles. The van der Waals surface area contributed by atoms with Crippen LogP contribution in [0.1, 0.15) is 39.5 Å². The number of nitrogens with one attached hydrogen (secondary N) is 1. The van der Waals surface area contributed by atoms with Crippen molar-refractivity contribution in [3.63, 3.8) is 0 Å². The molecule has 0 bridgehead atoms. The second-order valence-electron chi connectivity index (χ2n) is 5.32. The number of hydrogen-bond donors (Lipinski definition) is 1. The Morgan fingerprint density at radius 1 is 1.53 bits per heavy atom. The largest absolute Gasteiger partial charge is 0.380 e. The Morgan fingerprint density at radius 2 is 2.27 bits per heavy atom. The van der Waals surface area contributed by atoms with Gasteiger partial charge in [-0.1, -0.05) is 6.42 Å². The first-order valence-corrected chi connectivity index (χ1v) is 6.00. The predicted molar refractivity (Wildman–Crippen MR) is 58.5 cm³/mol. The number of carbonyl (C=O) groups excluding carboxylic acids is 1. The van der Waals surface area contributed by atoms with Gasteiger partial charge in [0.2, 0.25) is 5.91 Å². The van der Waals surface area contributed by atoms with Crippen LogP contribution in [0.5, 0.6) is 0 Å². The molecule has 1 N–H and O–H groups in total. The van der Waals surface area contributed by atoms with E-state index in [4.69, 9.17) is 4.74 Å². The van der Waals surface area contributed by atoms with Crippen LogP contribution in [-0.4, -0.2) is 25.2 Å². The summed E-state index contributed by atoms with van der Waals surface area (Å²) in [6.45, 7) is 5.43. The number of rotatable bonds is 3. The first kappa shape index (κ1) is 10.9. The van der Waals surface area contributed by atoms with E-state index < -0.39 is 0 Å². The Hall–Kier alpha value is -0.570. The van der Waals surface area contributed by atoms with Gasteiger partial charge in [0.15, 0.2) is 0 Å². The minimum atomic E-state index is -0.280. The highest BCUT2D eigenvalue weighted by Crippen LogP contribution is 2.32. The van der Waals surface area contributed by atoms with E-state index in [2.05, 4.69) is 12.2 Å². The van der Waals surface area contributed by atoms with Gasteiger partial charge in [-0.15, -0.1) is 0 Å². The van der Waals surface area contributed by atoms with Gasteiger partial charge in [-0.2, -0.15) is 0 Å². The number of hydrogen-bond acceptors (Lipinski definition) is 2. The fourth-order valence-corrected chi connectivity index (χ4v) is 2.28. The maximum atomic E-state index is 12.0. The lowest BCUT2D eigenvalue weighted by Crippen LogP contribution is -2.47. The molecule has 2 aliphatic rings. The standard InChI is InChI=1S/C12H21NO2/c1-9(10-4-3-5-10)13-11(14)12(2)6-7-15-8-12/h9-10H,3-8H2,1-2H3,(H,13,14)/t9-,12?/m1/s1. The summed E-state index contributed by atoms with van der Waals surface area (Å²) in [4.78, 5) is 12.0. The zero-order chi connectivity index (χ0) is 10.9. The van der Waals surface area contributed by atoms with Crippen molar-refractivity contribution >= 4 is 5.91 Å². The summed E-state index contributed by atoms with van der Waals surface area (Å²) >= 11 is 0. The molecule has 1 unspecified atom stereocenters. The first-order valence-electron chi connectivity index (χ1n) is 6.00. The van der Waals surface area contributed by atoms with Crippen LogP contribution in [-0.2, 0) is 9.53 Å². The van der Waals surface area contributed by atoms with E-state index in [1.165, 1.54) is 19.3 Å². The summed E-state index contributed by atoms with van der Waals surface area (Å²) in [7, 11) is 0. The third-order valence-electron chi connectivity index (χ3n) is 3.98. The molecule has 2 rings (SSSR count). The monoisotopic (exact) mass is 211 g/mol. The molecule has 1 amide bonds. The van der Waals surface area contributed by atoms with Crippen LogP contribution in [0, 0.1) is 11.3 Å². The molecule has 0 aromatic heterocycles. The molecular weight excluding hydrogens is 190 g/mol. The van der Waals surface area contributed by atoms with Crippen molar-refractivity contribution in [2.24, 2.45) is 11.3 Å². The van der Waals surface area contributed by atoms with Gasteiger partial charge in [-0.3, -0.25) is 4.79 Å². The predicted octanol–water partition coefficient (Wildman–Crippen LogP) is 1.72. The summed E-state index contributed by atoms with van der Waals surface area (Å²) in [6, 6.07) is 0.337. The average molecular weight is 211 g/mol. The van der Waals surface area contributed by atoms with Crippen molar-refractivity contribution in [1.29, 1.82) is 0 Å². The van der Waals surface area contributed by atoms with Crippen LogP contribution in [0.3, 0.4) is 0 Å². The van der Waals surface area contributed by atoms with E-state index >= 15 is 0 Å². The highest BCUT2D eigenvalue weighted by atomic mass is 16.5. The van der Waals surface area contributed by atoms with Gasteiger partial charge in [0.25, 0.3) is 0 Å². The maximum absolute atomic E-state index is 12.0. The summed E-state index contributed by atoms with van der Waals surface area (Å²) in [6.07, 6.45) is 4.73. The molecular formula is C12H21NO2. The van der Waals surface area contributed by atoms with Crippen LogP contribution in [0.2, 0.25) is 0 Å². The van der Waals surface area contributed by atoms with Gasteiger partial charge >= 0.3 is 0 Å². The quantitative estimate of drug-likeness (QED) is 0.772. The Bertz CT molecular complexity index is 242. The van der Waals surface area contributed by atoms with E-state index in [-0.39, 0.29) is 11.3 Å². The second-order valence-corrected chi connectivity index (χ2v) is 5.32. The zero-order valence-corrected chi connectivity index (χ0v) is 9.71. The molecule has 1 aliphatic carbocycles. The fraction of sp³-hybridized carbons (Fsp3) is 0.917. The summed E-state index contributed by atoms with van der Waals surface area (Å²) in [5, 5.41) is 3.15. The highest BCUT2D eigenvalue weighted by Gasteiger charge is 2.38. The molecule has 1 saturated carbocycles. The van der Waals surface area contributed by atoms with E-state index in [0.29, 0.717) is 18.6 Å². The van der Waals surface area contributed by atoms with Gasteiger partial charge in [0.05, 0.1) is 12.0 Å². The van der Waals surface area contributed by atoms with Gasteiger partial charge in [0, 0.05) is 12.6 Å². The fourth-order valence-electron chi connectivity index (χ4n) is 2.28. The van der Waals surface area contributed by atoms with Crippen LogP contribution in [0.15, 0.2) is 0 Å². The van der Waals surface area contributed by atoms with Crippen molar-refractivity contribution in [2.75, 3.05) is 13.2 Å². The van der Waals surface area contributed by atoms with Crippen LogP contribution < -0.4 is 5.32 Å². The van der Waals surface area contributed by atoms with Crippen molar-refractivity contribution in [1.82, 2.24) is 5.32 Å². The van der Waals surface area contributed by atoms with Gasteiger partial charge in [0.1, 0.15) is 0 Å². The molecule has 3 heteroatoms. The lowest BCUT2D eigenvalue weighted by Gasteiger charge is -2.34. The summed E-state index contributed by atoms with van der Waals surface area (Å²) in [5.74, 6) is 0.888. The molecule has 0 radical (unpaired) electrons. The van der Waals surface area contributed by atoms with Crippen LogP contribution in [0.25, 0.3) is 0 Å². The van der Waals surface area contributed by atoms with E-state index in [1.807, 2.05) is 6.92 Å². The molecule has 0 aromatic carbocycles. The molecule has 0 aromatic rings. The highest BCUT2D eigenvalue weighted by molar-refractivity contribution is 5.82. The minimum absolute atomic E-state index is 0.180. The maximum Gasteiger partial charge on any atom is 0.228 e. The lowest BCUT2D eigenvalue weighted by atomic mass is 9.79. The second kappa shape index (κ2) is 4.12.